The highest BCUT2D eigenvalue weighted by Gasteiger charge is 2.20. The van der Waals surface area contributed by atoms with Crippen molar-refractivity contribution < 1.29 is 19.1 Å². The topological polar surface area (TPSA) is 96.4 Å². The van der Waals surface area contributed by atoms with E-state index in [-0.39, 0.29) is 5.69 Å². The van der Waals surface area contributed by atoms with Crippen LogP contribution >= 0.6 is 0 Å². The number of ether oxygens (including phenoxy) is 2. The molecule has 1 atom stereocenters. The SMILES string of the molecule is COC(=O)C(C)OC(=O)c1ccn(-c2ccc(N)cc2)n1. The zero-order valence-corrected chi connectivity index (χ0v) is 11.6. The molecule has 0 aliphatic carbocycles. The first-order valence-electron chi connectivity index (χ1n) is 6.21. The molecule has 0 aliphatic heterocycles. The van der Waals surface area contributed by atoms with Crippen molar-refractivity contribution in [2.24, 2.45) is 0 Å². The van der Waals surface area contributed by atoms with Gasteiger partial charge in [-0.3, -0.25) is 0 Å². The molecular formula is C14H15N3O4. The Bertz CT molecular complexity index is 648. The van der Waals surface area contributed by atoms with Crippen LogP contribution in [0.25, 0.3) is 5.69 Å². The van der Waals surface area contributed by atoms with Crippen molar-refractivity contribution in [3.8, 4) is 5.69 Å². The maximum absolute atomic E-state index is 11.8. The molecule has 7 heteroatoms. The lowest BCUT2D eigenvalue weighted by atomic mass is 10.3. The van der Waals surface area contributed by atoms with Crippen LogP contribution in [0.1, 0.15) is 17.4 Å². The highest BCUT2D eigenvalue weighted by Crippen LogP contribution is 2.11. The van der Waals surface area contributed by atoms with Gasteiger partial charge in [-0.15, -0.1) is 0 Å². The molecule has 7 nitrogen and oxygen atoms in total. The van der Waals surface area contributed by atoms with Crippen LogP contribution < -0.4 is 5.73 Å². The molecule has 0 fully saturated rings. The van der Waals surface area contributed by atoms with Crippen molar-refractivity contribution in [2.75, 3.05) is 12.8 Å². The zero-order valence-electron chi connectivity index (χ0n) is 11.6. The summed E-state index contributed by atoms with van der Waals surface area (Å²) in [6.45, 7) is 1.43. The molecule has 2 aromatic rings. The number of nitrogen functional groups attached to an aromatic ring is 1. The number of hydrogen-bond acceptors (Lipinski definition) is 6. The number of aromatic nitrogens is 2. The van der Waals surface area contributed by atoms with Gasteiger partial charge in [0, 0.05) is 11.9 Å². The fourth-order valence-corrected chi connectivity index (χ4v) is 1.64. The molecule has 0 bridgehead atoms. The second-order valence-electron chi connectivity index (χ2n) is 4.31. The van der Waals surface area contributed by atoms with E-state index in [1.807, 2.05) is 0 Å². The molecule has 1 aromatic carbocycles. The third-order valence-corrected chi connectivity index (χ3v) is 2.77. The highest BCUT2D eigenvalue weighted by atomic mass is 16.6. The van der Waals surface area contributed by atoms with Gasteiger partial charge in [-0.1, -0.05) is 0 Å². The maximum atomic E-state index is 11.8. The summed E-state index contributed by atoms with van der Waals surface area (Å²) in [6, 6.07) is 8.51. The van der Waals surface area contributed by atoms with Crippen molar-refractivity contribution in [1.82, 2.24) is 9.78 Å². The first-order chi connectivity index (χ1) is 10.0. The molecule has 110 valence electrons. The smallest absolute Gasteiger partial charge is 0.359 e. The average Bonchev–Trinajstić information content (AvgIpc) is 2.97. The van der Waals surface area contributed by atoms with Crippen LogP contribution in [0.2, 0.25) is 0 Å². The predicted molar refractivity (Wildman–Crippen MR) is 74.9 cm³/mol. The summed E-state index contributed by atoms with van der Waals surface area (Å²) in [7, 11) is 1.22. The minimum Gasteiger partial charge on any atom is -0.466 e. The molecule has 1 unspecified atom stereocenters. The van der Waals surface area contributed by atoms with Crippen molar-refractivity contribution in [2.45, 2.75) is 13.0 Å². The van der Waals surface area contributed by atoms with Crippen LogP contribution in [0.3, 0.4) is 0 Å². The molecule has 1 heterocycles. The van der Waals surface area contributed by atoms with E-state index in [4.69, 9.17) is 10.5 Å². The number of nitrogens with two attached hydrogens (primary N) is 1. The Morgan fingerprint density at radius 2 is 1.90 bits per heavy atom. The molecule has 0 aliphatic rings. The molecule has 0 spiro atoms. The van der Waals surface area contributed by atoms with Crippen LogP contribution in [0.4, 0.5) is 5.69 Å². The van der Waals surface area contributed by atoms with Crippen LogP contribution in [0.5, 0.6) is 0 Å². The van der Waals surface area contributed by atoms with Crippen molar-refractivity contribution >= 4 is 17.6 Å². The number of nitrogens with zero attached hydrogens (tertiary/aromatic N) is 2. The number of rotatable bonds is 4. The van der Waals surface area contributed by atoms with E-state index in [0.717, 1.165) is 5.69 Å². The standard InChI is InChI=1S/C14H15N3O4/c1-9(13(18)20-2)21-14(19)12-7-8-17(16-12)11-5-3-10(15)4-6-11/h3-9H,15H2,1-2H3. The maximum Gasteiger partial charge on any atom is 0.359 e. The van der Waals surface area contributed by atoms with Gasteiger partial charge in [0.2, 0.25) is 0 Å². The lowest BCUT2D eigenvalue weighted by Crippen LogP contribution is -2.25. The summed E-state index contributed by atoms with van der Waals surface area (Å²) < 4.78 is 10.9. The van der Waals surface area contributed by atoms with Gasteiger partial charge in [0.05, 0.1) is 12.8 Å². The first kappa shape index (κ1) is 14.6. The first-order valence-corrected chi connectivity index (χ1v) is 6.21. The Kier molecular flexibility index (Phi) is 4.22. The van der Waals surface area contributed by atoms with Crippen molar-refractivity contribution in [3.63, 3.8) is 0 Å². The van der Waals surface area contributed by atoms with Gasteiger partial charge in [-0.05, 0) is 37.3 Å². The summed E-state index contributed by atoms with van der Waals surface area (Å²) in [5.74, 6) is -1.32. The predicted octanol–water partition coefficient (Wildman–Crippen LogP) is 1.17. The fraction of sp³-hybridized carbons (Fsp3) is 0.214. The fourth-order valence-electron chi connectivity index (χ4n) is 1.64. The Morgan fingerprint density at radius 1 is 1.24 bits per heavy atom. The number of esters is 2. The van der Waals surface area contributed by atoms with E-state index in [2.05, 4.69) is 9.84 Å². The van der Waals surface area contributed by atoms with E-state index in [9.17, 15) is 9.59 Å². The van der Waals surface area contributed by atoms with E-state index in [0.29, 0.717) is 5.69 Å². The molecule has 21 heavy (non-hydrogen) atoms. The minimum atomic E-state index is -0.982. The Balaban J connectivity index is 2.10. The van der Waals surface area contributed by atoms with Gasteiger partial charge < -0.3 is 15.2 Å². The van der Waals surface area contributed by atoms with E-state index in [1.165, 1.54) is 24.8 Å². The molecule has 0 amide bonds. The number of benzene rings is 1. The summed E-state index contributed by atoms with van der Waals surface area (Å²) in [4.78, 5) is 23.0. The number of methoxy groups -OCH3 is 1. The normalized spacial score (nSPS) is 11.7. The number of carbonyl (C=O) groups is 2. The molecule has 2 N–H and O–H groups in total. The number of carbonyl (C=O) groups excluding carboxylic acids is 2. The van der Waals surface area contributed by atoms with Crippen molar-refractivity contribution in [1.29, 1.82) is 0 Å². The Morgan fingerprint density at radius 3 is 2.52 bits per heavy atom. The average molecular weight is 289 g/mol. The second-order valence-corrected chi connectivity index (χ2v) is 4.31. The third kappa shape index (κ3) is 3.38. The zero-order chi connectivity index (χ0) is 15.4. The third-order valence-electron chi connectivity index (χ3n) is 2.77. The van der Waals surface area contributed by atoms with Crippen LogP contribution in [0, 0.1) is 0 Å². The Labute approximate surface area is 121 Å². The van der Waals surface area contributed by atoms with Crippen LogP contribution in [-0.2, 0) is 14.3 Å². The molecule has 1 aromatic heterocycles. The molecular weight excluding hydrogens is 274 g/mol. The molecule has 0 saturated carbocycles. The van der Waals surface area contributed by atoms with Gasteiger partial charge in [0.25, 0.3) is 0 Å². The lowest BCUT2D eigenvalue weighted by Gasteiger charge is -2.09. The molecule has 0 saturated heterocycles. The molecule has 0 radical (unpaired) electrons. The van der Waals surface area contributed by atoms with Crippen LogP contribution in [0.15, 0.2) is 36.5 Å². The highest BCUT2D eigenvalue weighted by molar-refractivity contribution is 5.89. The number of hydrogen-bond donors (Lipinski definition) is 1. The van der Waals surface area contributed by atoms with Gasteiger partial charge >= 0.3 is 11.9 Å². The number of anilines is 1. The van der Waals surface area contributed by atoms with E-state index < -0.39 is 18.0 Å². The van der Waals surface area contributed by atoms with Gasteiger partial charge in [-0.2, -0.15) is 5.10 Å². The van der Waals surface area contributed by atoms with Gasteiger partial charge in [-0.25, -0.2) is 14.3 Å². The lowest BCUT2D eigenvalue weighted by molar-refractivity contribution is -0.149. The summed E-state index contributed by atoms with van der Waals surface area (Å²) >= 11 is 0. The van der Waals surface area contributed by atoms with Crippen molar-refractivity contribution in [3.05, 3.63) is 42.2 Å². The van der Waals surface area contributed by atoms with Gasteiger partial charge in [0.1, 0.15) is 0 Å². The summed E-state index contributed by atoms with van der Waals surface area (Å²) in [6.07, 6.45) is 0.634. The van der Waals surface area contributed by atoms with Gasteiger partial charge in [0.15, 0.2) is 11.8 Å². The van der Waals surface area contributed by atoms with Crippen LogP contribution in [-0.4, -0.2) is 34.9 Å². The van der Waals surface area contributed by atoms with E-state index in [1.54, 1.807) is 30.5 Å². The monoisotopic (exact) mass is 289 g/mol. The second kappa shape index (κ2) is 6.08. The quantitative estimate of drug-likeness (QED) is 0.670. The molecule has 2 rings (SSSR count). The summed E-state index contributed by atoms with van der Waals surface area (Å²) in [5.41, 5.74) is 7.10. The largest absolute Gasteiger partial charge is 0.466 e. The minimum absolute atomic E-state index is 0.0996. The van der Waals surface area contributed by atoms with E-state index >= 15 is 0 Å². The Hall–Kier alpha value is -2.83. The summed E-state index contributed by atoms with van der Waals surface area (Å²) in [5, 5.41) is 4.10.